The fourth-order valence-electron chi connectivity index (χ4n) is 1.92. The van der Waals surface area contributed by atoms with E-state index in [2.05, 4.69) is 24.8 Å². The molecule has 1 unspecified atom stereocenters. The standard InChI is InChI=1S/C10H21N3.ClH/c1-4-10(5-2,6-7-11)9(3)13-8-12;/h9,12H,4-7,11H2,1-3H3;1H. The molecule has 0 rings (SSSR count). The number of hydrogen-bond donors (Lipinski definition) is 2. The topological polar surface area (TPSA) is 62.2 Å². The summed E-state index contributed by atoms with van der Waals surface area (Å²) in [6, 6.07) is 2.29. The van der Waals surface area contributed by atoms with Crippen LogP contribution in [0.3, 0.4) is 0 Å². The molecule has 3 nitrogen and oxygen atoms in total. The molecule has 0 aromatic rings. The zero-order valence-corrected chi connectivity index (χ0v) is 10.2. The fourth-order valence-corrected chi connectivity index (χ4v) is 1.92. The highest BCUT2D eigenvalue weighted by atomic mass is 35.5. The molecule has 0 aromatic heterocycles. The summed E-state index contributed by atoms with van der Waals surface area (Å²) >= 11 is 0. The molecule has 0 aliphatic heterocycles. The van der Waals surface area contributed by atoms with Gasteiger partial charge in [-0.3, -0.25) is 0 Å². The van der Waals surface area contributed by atoms with Gasteiger partial charge in [-0.25, -0.2) is 10.4 Å². The normalized spacial score (nSPS) is 12.6. The Kier molecular flexibility index (Phi) is 9.16. The number of rotatable bonds is 6. The molecule has 0 bridgehead atoms. The van der Waals surface area contributed by atoms with Gasteiger partial charge < -0.3 is 5.73 Å². The number of nitrogens with zero attached hydrogens (tertiary/aromatic N) is 1. The molecule has 0 aliphatic carbocycles. The van der Waals surface area contributed by atoms with E-state index in [0.29, 0.717) is 6.54 Å². The maximum absolute atomic E-state index is 6.85. The van der Waals surface area contributed by atoms with Crippen LogP contribution in [-0.4, -0.2) is 18.6 Å². The summed E-state index contributed by atoms with van der Waals surface area (Å²) in [7, 11) is 0. The number of hydrogen-bond acceptors (Lipinski definition) is 3. The van der Waals surface area contributed by atoms with Crippen LogP contribution >= 0.6 is 12.4 Å². The third kappa shape index (κ3) is 3.79. The average molecular weight is 220 g/mol. The lowest BCUT2D eigenvalue weighted by atomic mass is 9.74. The van der Waals surface area contributed by atoms with E-state index in [4.69, 9.17) is 11.1 Å². The van der Waals surface area contributed by atoms with Crippen molar-refractivity contribution in [2.24, 2.45) is 16.1 Å². The number of halogens is 1. The third-order valence-electron chi connectivity index (χ3n) is 3.19. The predicted octanol–water partition coefficient (Wildman–Crippen LogP) is 2.70. The lowest BCUT2D eigenvalue weighted by Crippen LogP contribution is -2.33. The third-order valence-corrected chi connectivity index (χ3v) is 3.19. The van der Waals surface area contributed by atoms with Crippen molar-refractivity contribution in [3.63, 3.8) is 0 Å². The van der Waals surface area contributed by atoms with E-state index in [-0.39, 0.29) is 23.9 Å². The van der Waals surface area contributed by atoms with E-state index in [1.807, 2.05) is 6.92 Å². The van der Waals surface area contributed by atoms with Crippen molar-refractivity contribution >= 4 is 18.4 Å². The molecule has 84 valence electrons. The molecule has 14 heavy (non-hydrogen) atoms. The number of nitrogens with two attached hydrogens (primary N) is 1. The Labute approximate surface area is 93.1 Å². The van der Waals surface area contributed by atoms with Crippen LogP contribution in [0.15, 0.2) is 4.99 Å². The van der Waals surface area contributed by atoms with Gasteiger partial charge in [0.1, 0.15) is 0 Å². The maximum Gasteiger partial charge on any atom is 0.0864 e. The van der Waals surface area contributed by atoms with Crippen LogP contribution in [-0.2, 0) is 0 Å². The van der Waals surface area contributed by atoms with Crippen molar-refractivity contribution in [1.82, 2.24) is 0 Å². The van der Waals surface area contributed by atoms with Crippen LogP contribution in [0.5, 0.6) is 0 Å². The highest BCUT2D eigenvalue weighted by Gasteiger charge is 2.31. The van der Waals surface area contributed by atoms with E-state index in [1.165, 1.54) is 0 Å². The molecule has 0 saturated carbocycles. The molecule has 0 fully saturated rings. The second kappa shape index (κ2) is 7.98. The molecule has 1 atom stereocenters. The van der Waals surface area contributed by atoms with Crippen LogP contribution in [0.25, 0.3) is 0 Å². The van der Waals surface area contributed by atoms with Crippen molar-refractivity contribution in [3.05, 3.63) is 0 Å². The average Bonchev–Trinajstić information content (AvgIpc) is 2.14. The molecule has 3 N–H and O–H groups in total. The molecular weight excluding hydrogens is 198 g/mol. The van der Waals surface area contributed by atoms with E-state index >= 15 is 0 Å². The van der Waals surface area contributed by atoms with Gasteiger partial charge in [0, 0.05) is 0 Å². The largest absolute Gasteiger partial charge is 0.330 e. The SMILES string of the molecule is CCC(CC)(CCN)C(C)N=C=N.Cl. The molecule has 4 heteroatoms. The molecule has 0 aliphatic rings. The first-order valence-corrected chi connectivity index (χ1v) is 4.98. The molecule has 0 amide bonds. The molecule has 0 aromatic carbocycles. The van der Waals surface area contributed by atoms with Gasteiger partial charge in [0.25, 0.3) is 0 Å². The van der Waals surface area contributed by atoms with Crippen LogP contribution in [0.1, 0.15) is 40.0 Å². The van der Waals surface area contributed by atoms with Crippen LogP contribution < -0.4 is 5.73 Å². The van der Waals surface area contributed by atoms with Gasteiger partial charge in [0.2, 0.25) is 0 Å². The van der Waals surface area contributed by atoms with E-state index in [9.17, 15) is 0 Å². The van der Waals surface area contributed by atoms with Crippen LogP contribution in [0, 0.1) is 10.8 Å². The molecule has 0 saturated heterocycles. The predicted molar refractivity (Wildman–Crippen MR) is 63.6 cm³/mol. The Morgan fingerprint density at radius 1 is 1.43 bits per heavy atom. The zero-order chi connectivity index (χ0) is 10.3. The van der Waals surface area contributed by atoms with Crippen LogP contribution in [0.4, 0.5) is 0 Å². The van der Waals surface area contributed by atoms with Gasteiger partial charge in [0.15, 0.2) is 0 Å². The van der Waals surface area contributed by atoms with Gasteiger partial charge in [-0.2, -0.15) is 0 Å². The maximum atomic E-state index is 6.85. The van der Waals surface area contributed by atoms with Gasteiger partial charge in [-0.15, -0.1) is 12.4 Å². The summed E-state index contributed by atoms with van der Waals surface area (Å²) in [5.74, 6) is 0. The molecule has 0 radical (unpaired) electrons. The zero-order valence-electron chi connectivity index (χ0n) is 9.34. The van der Waals surface area contributed by atoms with Crippen molar-refractivity contribution in [3.8, 4) is 0 Å². The Morgan fingerprint density at radius 2 is 1.93 bits per heavy atom. The first-order chi connectivity index (χ1) is 6.16. The number of aliphatic imine (C=N–C) groups is 1. The quantitative estimate of drug-likeness (QED) is 0.663. The van der Waals surface area contributed by atoms with Crippen LogP contribution in [0.2, 0.25) is 0 Å². The molecule has 0 spiro atoms. The highest BCUT2D eigenvalue weighted by molar-refractivity contribution is 5.85. The summed E-state index contributed by atoms with van der Waals surface area (Å²) < 4.78 is 0. The fraction of sp³-hybridized carbons (Fsp3) is 0.900. The summed E-state index contributed by atoms with van der Waals surface area (Å²) in [5.41, 5.74) is 5.76. The first kappa shape index (κ1) is 16.1. The highest BCUT2D eigenvalue weighted by Crippen LogP contribution is 2.35. The summed E-state index contributed by atoms with van der Waals surface area (Å²) in [6.07, 6.45) is 3.10. The minimum atomic E-state index is 0. The Morgan fingerprint density at radius 3 is 2.21 bits per heavy atom. The monoisotopic (exact) mass is 219 g/mol. The summed E-state index contributed by atoms with van der Waals surface area (Å²) in [4.78, 5) is 4.02. The Hall–Kier alpha value is -0.370. The van der Waals surface area contributed by atoms with Crippen molar-refractivity contribution in [1.29, 1.82) is 5.41 Å². The molecular formula is C10H22ClN3. The minimum absolute atomic E-state index is 0. The van der Waals surface area contributed by atoms with Crippen molar-refractivity contribution in [2.45, 2.75) is 46.1 Å². The molecule has 0 heterocycles. The van der Waals surface area contributed by atoms with Gasteiger partial charge in [-0.1, -0.05) is 13.8 Å². The van der Waals surface area contributed by atoms with Gasteiger partial charge in [0.05, 0.1) is 12.1 Å². The first-order valence-electron chi connectivity index (χ1n) is 4.98. The minimum Gasteiger partial charge on any atom is -0.330 e. The summed E-state index contributed by atoms with van der Waals surface area (Å²) in [6.45, 7) is 7.06. The second-order valence-corrected chi connectivity index (χ2v) is 3.53. The lowest BCUT2D eigenvalue weighted by molar-refractivity contribution is 0.200. The van der Waals surface area contributed by atoms with Crippen molar-refractivity contribution < 1.29 is 0 Å². The van der Waals surface area contributed by atoms with E-state index in [1.54, 1.807) is 0 Å². The van der Waals surface area contributed by atoms with Gasteiger partial charge in [-0.05, 0) is 38.1 Å². The Bertz CT molecular complexity index is 184. The van der Waals surface area contributed by atoms with Crippen molar-refractivity contribution in [2.75, 3.05) is 6.54 Å². The Balaban J connectivity index is 0. The van der Waals surface area contributed by atoms with E-state index < -0.39 is 0 Å². The number of nitrogens with one attached hydrogen (secondary N) is 1. The van der Waals surface area contributed by atoms with E-state index in [0.717, 1.165) is 19.3 Å². The second-order valence-electron chi connectivity index (χ2n) is 3.53. The summed E-state index contributed by atoms with van der Waals surface area (Å²) in [5, 5.41) is 6.85. The lowest BCUT2D eigenvalue weighted by Gasteiger charge is -2.34. The van der Waals surface area contributed by atoms with Gasteiger partial charge >= 0.3 is 0 Å². The smallest absolute Gasteiger partial charge is 0.0864 e.